The first kappa shape index (κ1) is 14.3. The van der Waals surface area contributed by atoms with E-state index < -0.39 is 0 Å². The number of para-hydroxylation sites is 1. The van der Waals surface area contributed by atoms with E-state index in [9.17, 15) is 0 Å². The Hall–Kier alpha value is -2.26. The van der Waals surface area contributed by atoms with Gasteiger partial charge in [0.25, 0.3) is 0 Å². The highest BCUT2D eigenvalue weighted by Crippen LogP contribution is 2.30. The average molecular weight is 377 g/mol. The molecule has 23 heavy (non-hydrogen) atoms. The van der Waals surface area contributed by atoms with Gasteiger partial charge in [0.2, 0.25) is 11.3 Å². The van der Waals surface area contributed by atoms with Crippen molar-refractivity contribution >= 4 is 44.5 Å². The van der Waals surface area contributed by atoms with Crippen molar-refractivity contribution in [2.45, 2.75) is 0 Å². The second-order valence-corrected chi connectivity index (χ2v) is 5.87. The third-order valence-electron chi connectivity index (χ3n) is 3.53. The van der Waals surface area contributed by atoms with Crippen LogP contribution >= 0.6 is 15.9 Å². The molecular weight excluding hydrogens is 364 g/mol. The third-order valence-corrected chi connectivity index (χ3v) is 4.22. The Bertz CT molecular complexity index is 833. The molecule has 1 saturated heterocycles. The van der Waals surface area contributed by atoms with Crippen molar-refractivity contribution in [2.24, 2.45) is 0 Å². The molecule has 3 heterocycles. The molecule has 8 nitrogen and oxygen atoms in total. The van der Waals surface area contributed by atoms with Crippen LogP contribution in [0.15, 0.2) is 33.4 Å². The predicted molar refractivity (Wildman–Crippen MR) is 87.9 cm³/mol. The van der Waals surface area contributed by atoms with Gasteiger partial charge in [-0.15, -0.1) is 0 Å². The van der Waals surface area contributed by atoms with Crippen LogP contribution in [-0.2, 0) is 4.74 Å². The van der Waals surface area contributed by atoms with Crippen molar-refractivity contribution in [2.75, 3.05) is 36.5 Å². The van der Waals surface area contributed by atoms with E-state index >= 15 is 0 Å². The minimum atomic E-state index is 0.372. The van der Waals surface area contributed by atoms with Crippen LogP contribution in [0.2, 0.25) is 0 Å². The first-order chi connectivity index (χ1) is 11.3. The molecule has 1 aromatic carbocycles. The Morgan fingerprint density at radius 1 is 1.04 bits per heavy atom. The van der Waals surface area contributed by atoms with Gasteiger partial charge in [-0.2, -0.15) is 0 Å². The Kier molecular flexibility index (Phi) is 3.80. The Labute approximate surface area is 139 Å². The first-order valence-electron chi connectivity index (χ1n) is 7.16. The van der Waals surface area contributed by atoms with Gasteiger partial charge in [-0.3, -0.25) is 0 Å². The molecule has 0 atom stereocenters. The number of rotatable bonds is 3. The number of ether oxygens (including phenoxy) is 1. The fraction of sp³-hybridized carbons (Fsp3) is 0.286. The van der Waals surface area contributed by atoms with Crippen molar-refractivity contribution in [1.82, 2.24) is 20.3 Å². The summed E-state index contributed by atoms with van der Waals surface area (Å²) in [6.07, 6.45) is 0. The van der Waals surface area contributed by atoms with Crippen LogP contribution in [0.3, 0.4) is 0 Å². The zero-order valence-corrected chi connectivity index (χ0v) is 13.7. The van der Waals surface area contributed by atoms with Crippen molar-refractivity contribution in [3.05, 3.63) is 28.7 Å². The molecule has 2 aromatic heterocycles. The van der Waals surface area contributed by atoms with Crippen molar-refractivity contribution < 1.29 is 9.37 Å². The number of anilines is 3. The summed E-state index contributed by atoms with van der Waals surface area (Å²) in [5, 5.41) is 10.9. The van der Waals surface area contributed by atoms with Crippen LogP contribution in [0, 0.1) is 0 Å². The standard InChI is InChI=1S/C14H13BrN6O2/c15-9-3-1-2-4-10(9)16-13-14(21-5-7-22-8-6-21)18-12-11(17-13)19-23-20-12/h1-4H,5-8H2,(H,16,17,19). The number of hydrogen-bond acceptors (Lipinski definition) is 8. The fourth-order valence-electron chi connectivity index (χ4n) is 2.40. The Morgan fingerprint density at radius 3 is 2.57 bits per heavy atom. The average Bonchev–Trinajstić information content (AvgIpc) is 3.04. The minimum absolute atomic E-state index is 0.372. The molecule has 0 spiro atoms. The zero-order valence-electron chi connectivity index (χ0n) is 12.1. The van der Waals surface area contributed by atoms with E-state index in [0.29, 0.717) is 36.1 Å². The lowest BCUT2D eigenvalue weighted by molar-refractivity contribution is 0.122. The van der Waals surface area contributed by atoms with Crippen molar-refractivity contribution in [3.8, 4) is 0 Å². The summed E-state index contributed by atoms with van der Waals surface area (Å²) >= 11 is 3.53. The third kappa shape index (κ3) is 2.84. The summed E-state index contributed by atoms with van der Waals surface area (Å²) in [7, 11) is 0. The number of nitrogens with one attached hydrogen (secondary N) is 1. The van der Waals surface area contributed by atoms with Gasteiger partial charge in [0, 0.05) is 17.6 Å². The quantitative estimate of drug-likeness (QED) is 0.744. The number of halogens is 1. The number of fused-ring (bicyclic) bond motifs is 1. The lowest BCUT2D eigenvalue weighted by Crippen LogP contribution is -2.37. The van der Waals surface area contributed by atoms with E-state index in [1.54, 1.807) is 0 Å². The highest BCUT2D eigenvalue weighted by Gasteiger charge is 2.21. The smallest absolute Gasteiger partial charge is 0.245 e. The molecule has 1 N–H and O–H groups in total. The largest absolute Gasteiger partial charge is 0.378 e. The molecule has 4 rings (SSSR count). The highest BCUT2D eigenvalue weighted by molar-refractivity contribution is 9.10. The van der Waals surface area contributed by atoms with Gasteiger partial charge in [0.15, 0.2) is 11.6 Å². The maximum atomic E-state index is 5.41. The topological polar surface area (TPSA) is 89.2 Å². The Morgan fingerprint density at radius 2 is 1.78 bits per heavy atom. The summed E-state index contributed by atoms with van der Waals surface area (Å²) in [6.45, 7) is 2.81. The van der Waals surface area contributed by atoms with E-state index in [4.69, 9.17) is 9.37 Å². The second kappa shape index (κ2) is 6.09. The van der Waals surface area contributed by atoms with Gasteiger partial charge in [0.05, 0.1) is 18.9 Å². The maximum Gasteiger partial charge on any atom is 0.245 e. The SMILES string of the molecule is Brc1ccccc1Nc1nc2nonc2nc1N1CCOCC1. The van der Waals surface area contributed by atoms with Crippen LogP contribution in [0.1, 0.15) is 0 Å². The lowest BCUT2D eigenvalue weighted by atomic mass is 10.3. The van der Waals surface area contributed by atoms with Crippen LogP contribution < -0.4 is 10.2 Å². The molecule has 3 aromatic rings. The van der Waals surface area contributed by atoms with E-state index in [1.165, 1.54) is 0 Å². The van der Waals surface area contributed by atoms with Crippen LogP contribution in [0.5, 0.6) is 0 Å². The monoisotopic (exact) mass is 376 g/mol. The van der Waals surface area contributed by atoms with Crippen molar-refractivity contribution in [3.63, 3.8) is 0 Å². The van der Waals surface area contributed by atoms with E-state index in [0.717, 1.165) is 23.2 Å². The molecule has 1 aliphatic rings. The van der Waals surface area contributed by atoms with Crippen LogP contribution in [0.4, 0.5) is 17.3 Å². The maximum absolute atomic E-state index is 5.41. The molecule has 0 saturated carbocycles. The second-order valence-electron chi connectivity index (χ2n) is 5.01. The molecular formula is C14H13BrN6O2. The summed E-state index contributed by atoms with van der Waals surface area (Å²) in [5.41, 5.74) is 1.66. The van der Waals surface area contributed by atoms with Gasteiger partial charge >= 0.3 is 0 Å². The molecule has 0 aliphatic carbocycles. The number of nitrogens with zero attached hydrogens (tertiary/aromatic N) is 5. The number of aromatic nitrogens is 4. The normalized spacial score (nSPS) is 15.1. The van der Waals surface area contributed by atoms with Gasteiger partial charge in [-0.25, -0.2) is 14.6 Å². The van der Waals surface area contributed by atoms with Gasteiger partial charge in [0.1, 0.15) is 0 Å². The molecule has 0 bridgehead atoms. The van der Waals surface area contributed by atoms with Crippen LogP contribution in [-0.4, -0.2) is 46.6 Å². The van der Waals surface area contributed by atoms with E-state index in [1.807, 2.05) is 24.3 Å². The first-order valence-corrected chi connectivity index (χ1v) is 7.95. The molecule has 1 aliphatic heterocycles. The zero-order chi connectivity index (χ0) is 15.6. The highest BCUT2D eigenvalue weighted by atomic mass is 79.9. The molecule has 0 unspecified atom stereocenters. The number of hydrogen-bond donors (Lipinski definition) is 1. The Balaban J connectivity index is 1.77. The van der Waals surface area contributed by atoms with Crippen molar-refractivity contribution in [1.29, 1.82) is 0 Å². The van der Waals surface area contributed by atoms with E-state index in [-0.39, 0.29) is 0 Å². The minimum Gasteiger partial charge on any atom is -0.378 e. The molecule has 118 valence electrons. The molecule has 9 heteroatoms. The lowest BCUT2D eigenvalue weighted by Gasteiger charge is -2.28. The summed E-state index contributed by atoms with van der Waals surface area (Å²) < 4.78 is 11.1. The fourth-order valence-corrected chi connectivity index (χ4v) is 2.78. The van der Waals surface area contributed by atoms with Gasteiger partial charge in [-0.1, -0.05) is 12.1 Å². The molecule has 1 fully saturated rings. The summed E-state index contributed by atoms with van der Waals surface area (Å²) in [6, 6.07) is 7.82. The summed E-state index contributed by atoms with van der Waals surface area (Å²) in [4.78, 5) is 11.2. The number of benzene rings is 1. The van der Waals surface area contributed by atoms with Crippen LogP contribution in [0.25, 0.3) is 11.3 Å². The van der Waals surface area contributed by atoms with Gasteiger partial charge < -0.3 is 15.0 Å². The molecule has 0 radical (unpaired) electrons. The summed E-state index contributed by atoms with van der Waals surface area (Å²) in [5.74, 6) is 1.33. The molecule has 0 amide bonds. The predicted octanol–water partition coefficient (Wildman–Crippen LogP) is 2.36. The number of morpholine rings is 1. The van der Waals surface area contributed by atoms with E-state index in [2.05, 4.69) is 46.4 Å². The van der Waals surface area contributed by atoms with Gasteiger partial charge in [-0.05, 0) is 38.4 Å².